The lowest BCUT2D eigenvalue weighted by atomic mass is 10.0. The van der Waals surface area contributed by atoms with Gasteiger partial charge in [0, 0.05) is 38.4 Å². The number of benzene rings is 1. The molecule has 0 aliphatic carbocycles. The molecule has 3 heterocycles. The van der Waals surface area contributed by atoms with Gasteiger partial charge in [-0.05, 0) is 37.1 Å². The van der Waals surface area contributed by atoms with Crippen LogP contribution in [0.4, 0.5) is 0 Å². The molecule has 7 nitrogen and oxygen atoms in total. The van der Waals surface area contributed by atoms with Crippen molar-refractivity contribution in [3.63, 3.8) is 0 Å². The summed E-state index contributed by atoms with van der Waals surface area (Å²) in [4.78, 5) is 26.4. The van der Waals surface area contributed by atoms with Crippen molar-refractivity contribution in [1.82, 2.24) is 14.0 Å². The van der Waals surface area contributed by atoms with Crippen LogP contribution in [0.5, 0.6) is 11.5 Å². The Bertz CT molecular complexity index is 931. The molecule has 1 aromatic heterocycles. The Balaban J connectivity index is 1.63. The minimum Gasteiger partial charge on any atom is -0.454 e. The highest BCUT2D eigenvalue weighted by molar-refractivity contribution is 5.45. The zero-order valence-electron chi connectivity index (χ0n) is 14.4. The van der Waals surface area contributed by atoms with Gasteiger partial charge in [-0.1, -0.05) is 6.07 Å². The molecule has 25 heavy (non-hydrogen) atoms. The quantitative estimate of drug-likeness (QED) is 0.836. The Morgan fingerprint density at radius 2 is 1.88 bits per heavy atom. The second kappa shape index (κ2) is 6.07. The second-order valence-electron chi connectivity index (χ2n) is 6.62. The van der Waals surface area contributed by atoms with Crippen LogP contribution in [0.15, 0.2) is 33.9 Å². The summed E-state index contributed by atoms with van der Waals surface area (Å²) in [5, 5.41) is 0. The number of aromatic nitrogens is 2. The molecule has 2 aromatic rings. The lowest BCUT2D eigenvalue weighted by Crippen LogP contribution is -2.39. The van der Waals surface area contributed by atoms with Crippen molar-refractivity contribution in [2.24, 2.45) is 14.1 Å². The molecule has 2 aliphatic heterocycles. The van der Waals surface area contributed by atoms with Crippen LogP contribution in [0, 0.1) is 0 Å². The minimum absolute atomic E-state index is 0.244. The molecule has 2 aliphatic rings. The normalized spacial score (nSPS) is 19.5. The number of ether oxygens (including phenoxy) is 2. The maximum absolute atomic E-state index is 12.1. The van der Waals surface area contributed by atoms with Gasteiger partial charge < -0.3 is 9.47 Å². The first-order valence-electron chi connectivity index (χ1n) is 8.44. The summed E-state index contributed by atoms with van der Waals surface area (Å²) in [6.07, 6.45) is 2.12. The monoisotopic (exact) mass is 343 g/mol. The summed E-state index contributed by atoms with van der Waals surface area (Å²) in [6, 6.07) is 7.85. The van der Waals surface area contributed by atoms with E-state index in [4.69, 9.17) is 9.47 Å². The van der Waals surface area contributed by atoms with Crippen LogP contribution < -0.4 is 20.7 Å². The van der Waals surface area contributed by atoms with Crippen molar-refractivity contribution < 1.29 is 9.47 Å². The number of rotatable bonds is 3. The van der Waals surface area contributed by atoms with E-state index >= 15 is 0 Å². The van der Waals surface area contributed by atoms with Crippen LogP contribution in [-0.2, 0) is 20.6 Å². The molecule has 7 heteroatoms. The van der Waals surface area contributed by atoms with E-state index in [0.717, 1.165) is 41.1 Å². The fraction of sp³-hybridized carbons (Fsp3) is 0.444. The third-order valence-corrected chi connectivity index (χ3v) is 5.14. The first kappa shape index (κ1) is 16.0. The van der Waals surface area contributed by atoms with Crippen molar-refractivity contribution in [3.8, 4) is 11.5 Å². The first-order chi connectivity index (χ1) is 12.0. The van der Waals surface area contributed by atoms with Gasteiger partial charge in [0.25, 0.3) is 5.56 Å². The Kier molecular flexibility index (Phi) is 3.88. The summed E-state index contributed by atoms with van der Waals surface area (Å²) in [5.41, 5.74) is 1.36. The van der Waals surface area contributed by atoms with Crippen LogP contribution in [0.2, 0.25) is 0 Å². The predicted molar refractivity (Wildman–Crippen MR) is 91.9 cm³/mol. The molecule has 0 spiro atoms. The largest absolute Gasteiger partial charge is 0.454 e. The highest BCUT2D eigenvalue weighted by atomic mass is 16.7. The van der Waals surface area contributed by atoms with Gasteiger partial charge in [-0.3, -0.25) is 18.8 Å². The van der Waals surface area contributed by atoms with Crippen molar-refractivity contribution in [2.45, 2.75) is 25.4 Å². The molecule has 1 saturated heterocycles. The molecule has 0 saturated carbocycles. The van der Waals surface area contributed by atoms with Crippen molar-refractivity contribution in [1.29, 1.82) is 0 Å². The molecular weight excluding hydrogens is 322 g/mol. The van der Waals surface area contributed by atoms with Gasteiger partial charge in [0.15, 0.2) is 11.5 Å². The first-order valence-corrected chi connectivity index (χ1v) is 8.44. The van der Waals surface area contributed by atoms with E-state index in [9.17, 15) is 9.59 Å². The van der Waals surface area contributed by atoms with Gasteiger partial charge in [0.2, 0.25) is 6.79 Å². The number of hydrogen-bond acceptors (Lipinski definition) is 5. The third-order valence-electron chi connectivity index (χ3n) is 5.14. The van der Waals surface area contributed by atoms with Crippen molar-refractivity contribution >= 4 is 0 Å². The van der Waals surface area contributed by atoms with Crippen molar-refractivity contribution in [3.05, 3.63) is 56.4 Å². The fourth-order valence-electron chi connectivity index (χ4n) is 3.65. The predicted octanol–water partition coefficient (Wildman–Crippen LogP) is 1.15. The van der Waals surface area contributed by atoms with E-state index in [1.807, 2.05) is 12.1 Å². The third kappa shape index (κ3) is 2.74. The van der Waals surface area contributed by atoms with Crippen molar-refractivity contribution in [2.75, 3.05) is 13.3 Å². The number of likely N-dealkylation sites (tertiary alicyclic amines) is 1. The molecule has 1 unspecified atom stereocenters. The smallest absolute Gasteiger partial charge is 0.330 e. The number of fused-ring (bicyclic) bond motifs is 1. The summed E-state index contributed by atoms with van der Waals surface area (Å²) in [6.45, 7) is 1.77. The van der Waals surface area contributed by atoms with Crippen LogP contribution in [0.3, 0.4) is 0 Å². The summed E-state index contributed by atoms with van der Waals surface area (Å²) >= 11 is 0. The summed E-state index contributed by atoms with van der Waals surface area (Å²) < 4.78 is 13.5. The molecule has 4 rings (SSSR count). The minimum atomic E-state index is -0.290. The second-order valence-corrected chi connectivity index (χ2v) is 6.62. The Labute approximate surface area is 145 Å². The maximum atomic E-state index is 12.1. The molecule has 0 bridgehead atoms. The highest BCUT2D eigenvalue weighted by Crippen LogP contribution is 2.39. The van der Waals surface area contributed by atoms with Gasteiger partial charge in [-0.15, -0.1) is 0 Å². The lowest BCUT2D eigenvalue weighted by Gasteiger charge is -2.25. The van der Waals surface area contributed by atoms with E-state index in [1.165, 1.54) is 12.6 Å². The van der Waals surface area contributed by atoms with Crippen LogP contribution in [0.1, 0.15) is 30.1 Å². The van der Waals surface area contributed by atoms with Gasteiger partial charge >= 0.3 is 5.69 Å². The van der Waals surface area contributed by atoms with E-state index in [1.54, 1.807) is 17.7 Å². The molecule has 0 amide bonds. The standard InChI is InChI=1S/C18H21N3O4/c1-19-13(9-17(22)20(2)18(19)23)10-21-7-3-4-14(21)12-5-6-15-16(8-12)25-11-24-15/h5-6,8-9,14H,3-4,7,10-11H2,1-2H3. The average molecular weight is 343 g/mol. The van der Waals surface area contributed by atoms with E-state index in [-0.39, 0.29) is 24.1 Å². The average Bonchev–Trinajstić information content (AvgIpc) is 3.26. The zero-order valence-corrected chi connectivity index (χ0v) is 14.4. The van der Waals surface area contributed by atoms with Crippen LogP contribution >= 0.6 is 0 Å². The Hall–Kier alpha value is -2.54. The molecule has 0 radical (unpaired) electrons. The molecule has 132 valence electrons. The van der Waals surface area contributed by atoms with E-state index in [0.29, 0.717) is 6.54 Å². The van der Waals surface area contributed by atoms with E-state index < -0.39 is 0 Å². The number of nitrogens with zero attached hydrogens (tertiary/aromatic N) is 3. The molecular formula is C18H21N3O4. The Morgan fingerprint density at radius 1 is 1.08 bits per heavy atom. The fourth-order valence-corrected chi connectivity index (χ4v) is 3.65. The highest BCUT2D eigenvalue weighted by Gasteiger charge is 2.28. The molecule has 0 N–H and O–H groups in total. The van der Waals surface area contributed by atoms with Gasteiger partial charge in [0.05, 0.1) is 0 Å². The Morgan fingerprint density at radius 3 is 2.72 bits per heavy atom. The SMILES string of the molecule is Cn1c(CN2CCCC2c2ccc3c(c2)OCO3)cc(=O)n(C)c1=O. The molecule has 1 atom stereocenters. The van der Waals surface area contributed by atoms with E-state index in [2.05, 4.69) is 11.0 Å². The summed E-state index contributed by atoms with van der Waals surface area (Å²) in [7, 11) is 3.21. The maximum Gasteiger partial charge on any atom is 0.330 e. The lowest BCUT2D eigenvalue weighted by molar-refractivity contribution is 0.173. The topological polar surface area (TPSA) is 65.7 Å². The van der Waals surface area contributed by atoms with Crippen LogP contribution in [-0.4, -0.2) is 27.4 Å². The molecule has 1 fully saturated rings. The zero-order chi connectivity index (χ0) is 17.6. The summed E-state index contributed by atoms with van der Waals surface area (Å²) in [5.74, 6) is 1.56. The number of hydrogen-bond donors (Lipinski definition) is 0. The van der Waals surface area contributed by atoms with Crippen LogP contribution in [0.25, 0.3) is 0 Å². The van der Waals surface area contributed by atoms with Gasteiger partial charge in [-0.25, -0.2) is 4.79 Å². The van der Waals surface area contributed by atoms with Gasteiger partial charge in [-0.2, -0.15) is 0 Å². The molecule has 1 aromatic carbocycles. The van der Waals surface area contributed by atoms with Gasteiger partial charge in [0.1, 0.15) is 0 Å².